The number of carbonyl (C=O) groups is 2. The highest BCUT2D eigenvalue weighted by molar-refractivity contribution is 5.83. The van der Waals surface area contributed by atoms with Crippen molar-refractivity contribution in [3.8, 4) is 0 Å². The van der Waals surface area contributed by atoms with Crippen LogP contribution in [-0.2, 0) is 30.3 Å². The Labute approximate surface area is 222 Å². The number of hydrogen-bond acceptors (Lipinski definition) is 8. The zero-order chi connectivity index (χ0) is 26.7. The number of amides is 1. The number of nitrogens with zero attached hydrogens (tertiary/aromatic N) is 2. The van der Waals surface area contributed by atoms with Crippen LogP contribution in [-0.4, -0.2) is 41.1 Å². The largest absolute Gasteiger partial charge is 0.460 e. The van der Waals surface area contributed by atoms with E-state index in [2.05, 4.69) is 17.2 Å². The first kappa shape index (κ1) is 27.8. The Morgan fingerprint density at radius 1 is 1.08 bits per heavy atom. The van der Waals surface area contributed by atoms with Gasteiger partial charge in [0.1, 0.15) is 19.0 Å². The molecule has 2 fully saturated rings. The highest BCUT2D eigenvalue weighted by Gasteiger charge is 2.32. The van der Waals surface area contributed by atoms with E-state index in [1.807, 2.05) is 30.3 Å². The van der Waals surface area contributed by atoms with Crippen molar-refractivity contribution < 1.29 is 28.5 Å². The number of hydrogen-bond donors (Lipinski definition) is 1. The van der Waals surface area contributed by atoms with Gasteiger partial charge in [0, 0.05) is 6.20 Å². The van der Waals surface area contributed by atoms with E-state index in [1.54, 1.807) is 0 Å². The molecule has 2 atom stereocenters. The van der Waals surface area contributed by atoms with E-state index in [4.69, 9.17) is 18.9 Å². The van der Waals surface area contributed by atoms with Crippen LogP contribution in [0.2, 0.25) is 0 Å². The lowest BCUT2D eigenvalue weighted by Crippen LogP contribution is -2.30. The predicted octanol–water partition coefficient (Wildman–Crippen LogP) is 4.79. The van der Waals surface area contributed by atoms with Gasteiger partial charge in [-0.1, -0.05) is 62.9 Å². The number of esters is 1. The average Bonchev–Trinajstić information content (AvgIpc) is 3.40. The number of unbranched alkanes of at least 4 members (excludes halogenated alkanes) is 2. The number of ether oxygens (including phenoxy) is 4. The molecule has 1 N–H and O–H groups in total. The highest BCUT2D eigenvalue weighted by Crippen LogP contribution is 2.33. The van der Waals surface area contributed by atoms with Crippen LogP contribution in [0.5, 0.6) is 0 Å². The molecule has 2 heterocycles. The zero-order valence-corrected chi connectivity index (χ0v) is 21.9. The summed E-state index contributed by atoms with van der Waals surface area (Å²) in [7, 11) is 0. The van der Waals surface area contributed by atoms with Crippen molar-refractivity contribution in [3.63, 3.8) is 0 Å². The minimum absolute atomic E-state index is 0.0269. The molecule has 1 aromatic carbocycles. The number of aromatic nitrogens is 2. The first-order valence-electron chi connectivity index (χ1n) is 13.5. The molecule has 206 valence electrons. The summed E-state index contributed by atoms with van der Waals surface area (Å²) in [4.78, 5) is 41.0. The summed E-state index contributed by atoms with van der Waals surface area (Å²) in [5.74, 6) is 0.511. The van der Waals surface area contributed by atoms with Crippen molar-refractivity contribution in [2.75, 3.05) is 18.5 Å². The van der Waals surface area contributed by atoms with Crippen LogP contribution in [0.15, 0.2) is 47.4 Å². The van der Waals surface area contributed by atoms with E-state index in [0.717, 1.165) is 37.2 Å². The number of carbonyl (C=O) groups excluding carboxylic acids is 2. The molecule has 0 unspecified atom stereocenters. The SMILES string of the molecule is CCCCCC1CCC(C(=O)OC[C@H]2OC[C@@H](n3ccc(NC(=O)OCc4ccccc4)nc3=O)O2)CC1. The molecule has 10 nitrogen and oxygen atoms in total. The Bertz CT molecular complexity index is 1100. The molecule has 38 heavy (non-hydrogen) atoms. The van der Waals surface area contributed by atoms with Crippen molar-refractivity contribution >= 4 is 17.9 Å². The Morgan fingerprint density at radius 3 is 2.61 bits per heavy atom. The van der Waals surface area contributed by atoms with E-state index in [9.17, 15) is 14.4 Å². The molecule has 0 spiro atoms. The van der Waals surface area contributed by atoms with E-state index < -0.39 is 24.3 Å². The summed E-state index contributed by atoms with van der Waals surface area (Å²) in [6.45, 7) is 2.40. The second-order valence-electron chi connectivity index (χ2n) is 9.89. The van der Waals surface area contributed by atoms with Crippen LogP contribution in [0.25, 0.3) is 0 Å². The van der Waals surface area contributed by atoms with Gasteiger partial charge < -0.3 is 18.9 Å². The van der Waals surface area contributed by atoms with Crippen molar-refractivity contribution in [1.29, 1.82) is 0 Å². The van der Waals surface area contributed by atoms with Crippen LogP contribution in [0.3, 0.4) is 0 Å². The number of benzene rings is 1. The third-order valence-electron chi connectivity index (χ3n) is 7.07. The molecule has 1 saturated carbocycles. The van der Waals surface area contributed by atoms with Gasteiger partial charge in [0.2, 0.25) is 0 Å². The van der Waals surface area contributed by atoms with Crippen LogP contribution >= 0.6 is 0 Å². The smallest absolute Gasteiger partial charge is 0.413 e. The summed E-state index contributed by atoms with van der Waals surface area (Å²) < 4.78 is 23.2. The predicted molar refractivity (Wildman–Crippen MR) is 139 cm³/mol. The third-order valence-corrected chi connectivity index (χ3v) is 7.07. The standard InChI is InChI=1S/C28H37N3O7/c1-2-3-5-8-20-11-13-22(14-12-20)26(32)36-19-25-35-18-24(38-25)31-16-15-23(29-27(31)33)30-28(34)37-17-21-9-6-4-7-10-21/h4,6-7,9-10,15-16,20,22,24-25H,2-3,5,8,11-14,17-19H2,1H3,(H,29,30,33,34)/t20?,22?,24-,25-/m0/s1. The lowest BCUT2D eigenvalue weighted by atomic mass is 9.80. The van der Waals surface area contributed by atoms with Gasteiger partial charge in [0.05, 0.1) is 12.5 Å². The Balaban J connectivity index is 1.18. The Hall–Kier alpha value is -3.24. The fraction of sp³-hybridized carbons (Fsp3) is 0.571. The van der Waals surface area contributed by atoms with Crippen LogP contribution < -0.4 is 11.0 Å². The average molecular weight is 528 g/mol. The maximum absolute atomic E-state index is 12.5. The molecule has 0 bridgehead atoms. The summed E-state index contributed by atoms with van der Waals surface area (Å²) in [6.07, 6.45) is 8.19. The Morgan fingerprint density at radius 2 is 1.87 bits per heavy atom. The molecule has 1 amide bonds. The van der Waals surface area contributed by atoms with Gasteiger partial charge in [-0.05, 0) is 43.2 Å². The lowest BCUT2D eigenvalue weighted by Gasteiger charge is -2.27. The van der Waals surface area contributed by atoms with Gasteiger partial charge in [-0.2, -0.15) is 4.98 Å². The summed E-state index contributed by atoms with van der Waals surface area (Å²) in [5, 5.41) is 2.44. The maximum atomic E-state index is 12.5. The fourth-order valence-corrected chi connectivity index (χ4v) is 4.88. The molecule has 1 aliphatic carbocycles. The first-order chi connectivity index (χ1) is 18.5. The summed E-state index contributed by atoms with van der Waals surface area (Å²) in [5.41, 5.74) is 0.225. The molecule has 10 heteroatoms. The number of anilines is 1. The van der Waals surface area contributed by atoms with Crippen LogP contribution in [0.4, 0.5) is 10.6 Å². The third kappa shape index (κ3) is 8.13. The normalized spacial score (nSPS) is 23.1. The quantitative estimate of drug-likeness (QED) is 0.327. The molecular formula is C28H37N3O7. The highest BCUT2D eigenvalue weighted by atomic mass is 16.7. The van der Waals surface area contributed by atoms with E-state index >= 15 is 0 Å². The van der Waals surface area contributed by atoms with Crippen LogP contribution in [0, 0.1) is 11.8 Å². The number of rotatable bonds is 11. The van der Waals surface area contributed by atoms with Crippen molar-refractivity contribution in [1.82, 2.24) is 9.55 Å². The Kier molecular flexibility index (Phi) is 10.3. The summed E-state index contributed by atoms with van der Waals surface area (Å²) in [6, 6.07) is 10.7. The fourth-order valence-electron chi connectivity index (χ4n) is 4.88. The van der Waals surface area contributed by atoms with Gasteiger partial charge in [-0.25, -0.2) is 9.59 Å². The van der Waals surface area contributed by atoms with Crippen LogP contribution in [0.1, 0.15) is 70.1 Å². The van der Waals surface area contributed by atoms with E-state index in [0.29, 0.717) is 0 Å². The maximum Gasteiger partial charge on any atom is 0.413 e. The topological polar surface area (TPSA) is 118 Å². The zero-order valence-electron chi connectivity index (χ0n) is 21.9. The first-order valence-corrected chi connectivity index (χ1v) is 13.5. The second-order valence-corrected chi connectivity index (χ2v) is 9.89. The molecule has 1 aliphatic heterocycles. The molecule has 2 aromatic rings. The molecule has 0 radical (unpaired) electrons. The van der Waals surface area contributed by atoms with Crippen molar-refractivity contribution in [2.24, 2.45) is 11.8 Å². The van der Waals surface area contributed by atoms with Crippen molar-refractivity contribution in [2.45, 2.75) is 77.4 Å². The van der Waals surface area contributed by atoms with E-state index in [1.165, 1.54) is 42.5 Å². The van der Waals surface area contributed by atoms with Gasteiger partial charge in [0.25, 0.3) is 0 Å². The van der Waals surface area contributed by atoms with Crippen molar-refractivity contribution in [3.05, 3.63) is 58.6 Å². The molecule has 1 saturated heterocycles. The van der Waals surface area contributed by atoms with Gasteiger partial charge in [0.15, 0.2) is 12.5 Å². The second kappa shape index (κ2) is 14.1. The van der Waals surface area contributed by atoms with E-state index in [-0.39, 0.29) is 37.5 Å². The monoisotopic (exact) mass is 527 g/mol. The number of nitrogens with one attached hydrogen (secondary N) is 1. The lowest BCUT2D eigenvalue weighted by molar-refractivity contribution is -0.164. The molecule has 1 aromatic heterocycles. The molecular weight excluding hydrogens is 490 g/mol. The van der Waals surface area contributed by atoms with Gasteiger partial charge in [-0.15, -0.1) is 0 Å². The van der Waals surface area contributed by atoms with Gasteiger partial charge >= 0.3 is 17.8 Å². The minimum Gasteiger partial charge on any atom is -0.460 e. The molecule has 2 aliphatic rings. The molecule has 4 rings (SSSR count). The summed E-state index contributed by atoms with van der Waals surface area (Å²) >= 11 is 0. The minimum atomic E-state index is -0.757. The van der Waals surface area contributed by atoms with Gasteiger partial charge in [-0.3, -0.25) is 14.7 Å².